The number of carbonyl (C=O) groups excluding carboxylic acids is 2. The summed E-state index contributed by atoms with van der Waals surface area (Å²) in [5.74, 6) is 0.303. The van der Waals surface area contributed by atoms with Crippen molar-refractivity contribution in [2.75, 3.05) is 65.0 Å². The Labute approximate surface area is 263 Å². The highest BCUT2D eigenvalue weighted by molar-refractivity contribution is 5.96. The number of esters is 1. The maximum absolute atomic E-state index is 13.5. The summed E-state index contributed by atoms with van der Waals surface area (Å²) in [6, 6.07) is 9.37. The number of aryl methyl sites for hydroxylation is 1. The van der Waals surface area contributed by atoms with Crippen molar-refractivity contribution in [3.05, 3.63) is 58.8 Å². The third-order valence-corrected chi connectivity index (χ3v) is 8.96. The number of hydrogen-bond donors (Lipinski definition) is 0. The zero-order valence-electron chi connectivity index (χ0n) is 26.7. The van der Waals surface area contributed by atoms with Gasteiger partial charge in [0.15, 0.2) is 0 Å². The molecule has 0 spiro atoms. The van der Waals surface area contributed by atoms with Crippen molar-refractivity contribution in [1.29, 1.82) is 0 Å². The SMILES string of the molecule is CCCCOC(=O)n1ccc2c(CN3CCN(CC(F)F)CC3c3ccc(C(=O)OC)c(N4CCCC4)c3)c(OC)cc(C)c21. The van der Waals surface area contributed by atoms with Crippen LogP contribution in [0.4, 0.5) is 19.3 Å². The fraction of sp³-hybridized carbons (Fsp3) is 0.529. The van der Waals surface area contributed by atoms with Gasteiger partial charge in [0.2, 0.25) is 0 Å². The van der Waals surface area contributed by atoms with Crippen molar-refractivity contribution in [2.24, 2.45) is 0 Å². The molecule has 0 N–H and O–H groups in total. The average molecular weight is 627 g/mol. The predicted molar refractivity (Wildman–Crippen MR) is 170 cm³/mol. The first-order chi connectivity index (χ1) is 21.7. The fourth-order valence-electron chi connectivity index (χ4n) is 6.64. The van der Waals surface area contributed by atoms with Gasteiger partial charge in [0.25, 0.3) is 6.43 Å². The number of ether oxygens (including phenoxy) is 3. The predicted octanol–water partition coefficient (Wildman–Crippen LogP) is 6.25. The molecule has 2 aliphatic rings. The molecule has 1 atom stereocenters. The zero-order valence-corrected chi connectivity index (χ0v) is 26.7. The number of methoxy groups -OCH3 is 2. The standard InChI is InChI=1S/C34H44F2N4O5/c1-5-6-17-45-34(42)40-14-11-25-27(30(43-3)18-23(2)32(25)40)20-39-16-15-37(22-31(35)36)21-29(39)24-9-10-26(33(41)44-4)28(19-24)38-12-7-8-13-38/h9-11,14,18-19,29,31H,5-8,12-13,15-17,20-22H2,1-4H3. The summed E-state index contributed by atoms with van der Waals surface area (Å²) in [6.45, 7) is 7.65. The van der Waals surface area contributed by atoms with Crippen LogP contribution in [-0.2, 0) is 16.0 Å². The van der Waals surface area contributed by atoms with Gasteiger partial charge in [0.1, 0.15) is 5.75 Å². The van der Waals surface area contributed by atoms with Crippen molar-refractivity contribution < 1.29 is 32.6 Å². The van der Waals surface area contributed by atoms with E-state index in [1.54, 1.807) is 28.8 Å². The molecule has 0 radical (unpaired) electrons. The molecule has 1 unspecified atom stereocenters. The van der Waals surface area contributed by atoms with Crippen molar-refractivity contribution >= 4 is 28.7 Å². The van der Waals surface area contributed by atoms with Crippen LogP contribution in [0.15, 0.2) is 36.5 Å². The first-order valence-corrected chi connectivity index (χ1v) is 15.8. The van der Waals surface area contributed by atoms with Crippen LogP contribution in [0.25, 0.3) is 10.9 Å². The van der Waals surface area contributed by atoms with Crippen LogP contribution >= 0.6 is 0 Å². The van der Waals surface area contributed by atoms with Gasteiger partial charge in [0, 0.05) is 62.5 Å². The molecule has 2 aromatic carbocycles. The smallest absolute Gasteiger partial charge is 0.418 e. The number of rotatable bonds is 11. The second-order valence-corrected chi connectivity index (χ2v) is 11.9. The summed E-state index contributed by atoms with van der Waals surface area (Å²) in [7, 11) is 3.01. The van der Waals surface area contributed by atoms with E-state index in [2.05, 4.69) is 9.80 Å². The van der Waals surface area contributed by atoms with Gasteiger partial charge >= 0.3 is 12.1 Å². The number of anilines is 1. The second kappa shape index (κ2) is 14.6. The number of halogens is 2. The lowest BCUT2D eigenvalue weighted by atomic mass is 9.97. The number of benzene rings is 2. The molecule has 3 aromatic rings. The Morgan fingerprint density at radius 2 is 1.82 bits per heavy atom. The number of alkyl halides is 2. The maximum Gasteiger partial charge on any atom is 0.418 e. The van der Waals surface area contributed by atoms with Crippen LogP contribution in [0.2, 0.25) is 0 Å². The molecule has 0 saturated carbocycles. The molecule has 2 saturated heterocycles. The molecule has 2 fully saturated rings. The molecule has 3 heterocycles. The largest absolute Gasteiger partial charge is 0.496 e. The second-order valence-electron chi connectivity index (χ2n) is 11.9. The van der Waals surface area contributed by atoms with E-state index >= 15 is 0 Å². The maximum atomic E-state index is 13.5. The lowest BCUT2D eigenvalue weighted by Gasteiger charge is -2.42. The Balaban J connectivity index is 1.54. The summed E-state index contributed by atoms with van der Waals surface area (Å²) < 4.78 is 45.1. The number of piperazine rings is 1. The molecule has 45 heavy (non-hydrogen) atoms. The minimum atomic E-state index is -2.44. The van der Waals surface area contributed by atoms with E-state index in [1.165, 1.54) is 7.11 Å². The van der Waals surface area contributed by atoms with Gasteiger partial charge in [-0.15, -0.1) is 0 Å². The molecule has 244 valence electrons. The molecular formula is C34H44F2N4O5. The summed E-state index contributed by atoms with van der Waals surface area (Å²) in [4.78, 5) is 32.0. The van der Waals surface area contributed by atoms with E-state index in [1.807, 2.05) is 38.1 Å². The number of unbranched alkanes of at least 4 members (excludes halogenated alkanes) is 1. The van der Waals surface area contributed by atoms with Crippen LogP contribution in [0, 0.1) is 6.92 Å². The summed E-state index contributed by atoms with van der Waals surface area (Å²) in [6.07, 6.45) is 2.68. The first kappa shape index (κ1) is 32.7. The topological polar surface area (TPSA) is 76.5 Å². The summed E-state index contributed by atoms with van der Waals surface area (Å²) in [5, 5.41) is 0.881. The molecule has 11 heteroatoms. The van der Waals surface area contributed by atoms with E-state index in [0.717, 1.165) is 72.1 Å². The van der Waals surface area contributed by atoms with Crippen LogP contribution in [0.3, 0.4) is 0 Å². The van der Waals surface area contributed by atoms with Gasteiger partial charge in [-0.3, -0.25) is 14.4 Å². The third kappa shape index (κ3) is 7.09. The highest BCUT2D eigenvalue weighted by Gasteiger charge is 2.32. The molecular weight excluding hydrogens is 582 g/mol. The lowest BCUT2D eigenvalue weighted by molar-refractivity contribution is 0.0245. The van der Waals surface area contributed by atoms with Gasteiger partial charge in [-0.2, -0.15) is 0 Å². The lowest BCUT2D eigenvalue weighted by Crippen LogP contribution is -2.49. The normalized spacial score (nSPS) is 17.8. The molecule has 9 nitrogen and oxygen atoms in total. The number of fused-ring (bicyclic) bond motifs is 1. The Morgan fingerprint density at radius 3 is 2.51 bits per heavy atom. The Kier molecular flexibility index (Phi) is 10.6. The van der Waals surface area contributed by atoms with Gasteiger partial charge in [-0.05, 0) is 61.6 Å². The molecule has 0 bridgehead atoms. The molecule has 0 amide bonds. The number of carbonyl (C=O) groups is 2. The Bertz CT molecular complexity index is 1500. The fourth-order valence-corrected chi connectivity index (χ4v) is 6.64. The van der Waals surface area contributed by atoms with Crippen molar-refractivity contribution in [1.82, 2.24) is 14.4 Å². The molecule has 5 rings (SSSR count). The Morgan fingerprint density at radius 1 is 1.04 bits per heavy atom. The van der Waals surface area contributed by atoms with Gasteiger partial charge in [0.05, 0.1) is 44.1 Å². The minimum Gasteiger partial charge on any atom is -0.496 e. The number of aromatic nitrogens is 1. The third-order valence-electron chi connectivity index (χ3n) is 8.96. The van der Waals surface area contributed by atoms with Gasteiger partial charge in [-0.25, -0.2) is 18.4 Å². The van der Waals surface area contributed by atoms with E-state index in [0.29, 0.717) is 44.1 Å². The average Bonchev–Trinajstić information content (AvgIpc) is 3.73. The van der Waals surface area contributed by atoms with E-state index < -0.39 is 18.5 Å². The van der Waals surface area contributed by atoms with Crippen LogP contribution in [0.1, 0.15) is 65.7 Å². The van der Waals surface area contributed by atoms with Gasteiger partial charge in [-0.1, -0.05) is 19.4 Å². The van der Waals surface area contributed by atoms with Crippen LogP contribution in [-0.4, -0.2) is 92.9 Å². The van der Waals surface area contributed by atoms with Crippen molar-refractivity contribution in [3.8, 4) is 5.75 Å². The van der Waals surface area contributed by atoms with E-state index in [9.17, 15) is 18.4 Å². The van der Waals surface area contributed by atoms with Crippen molar-refractivity contribution in [2.45, 2.75) is 58.5 Å². The summed E-state index contributed by atoms with van der Waals surface area (Å²) >= 11 is 0. The number of hydrogen-bond acceptors (Lipinski definition) is 8. The molecule has 1 aromatic heterocycles. The quantitative estimate of drug-likeness (QED) is 0.183. The Hall–Kier alpha value is -3.70. The van der Waals surface area contributed by atoms with E-state index in [-0.39, 0.29) is 12.6 Å². The number of nitrogens with zero attached hydrogens (tertiary/aromatic N) is 4. The van der Waals surface area contributed by atoms with Crippen LogP contribution < -0.4 is 9.64 Å². The minimum absolute atomic E-state index is 0.229. The molecule has 0 aliphatic carbocycles. The monoisotopic (exact) mass is 626 g/mol. The highest BCUT2D eigenvalue weighted by atomic mass is 19.3. The first-order valence-electron chi connectivity index (χ1n) is 15.8. The molecule has 2 aliphatic heterocycles. The van der Waals surface area contributed by atoms with E-state index in [4.69, 9.17) is 14.2 Å². The zero-order chi connectivity index (χ0) is 32.1. The van der Waals surface area contributed by atoms with Gasteiger partial charge < -0.3 is 19.1 Å². The van der Waals surface area contributed by atoms with Crippen molar-refractivity contribution in [3.63, 3.8) is 0 Å². The van der Waals surface area contributed by atoms with Crippen LogP contribution in [0.5, 0.6) is 5.75 Å². The highest BCUT2D eigenvalue weighted by Crippen LogP contribution is 2.38. The summed E-state index contributed by atoms with van der Waals surface area (Å²) in [5.41, 5.74) is 4.83.